The van der Waals surface area contributed by atoms with Crippen LogP contribution in [0.3, 0.4) is 0 Å². The SMILES string of the molecule is O=C(Nc1cccc(CN2CCCCC2)c1)[C@@]12CCCC[C@H]1CNC2. The van der Waals surface area contributed by atoms with Gasteiger partial charge in [0, 0.05) is 18.8 Å². The number of carbonyl (C=O) groups is 1. The number of nitrogens with zero attached hydrogens (tertiary/aromatic N) is 1. The number of benzene rings is 1. The molecule has 0 radical (unpaired) electrons. The molecular formula is C21H31N3O. The Bertz CT molecular complexity index is 611. The van der Waals surface area contributed by atoms with Crippen molar-refractivity contribution in [2.75, 3.05) is 31.5 Å². The molecule has 2 heterocycles. The normalized spacial score (nSPS) is 30.0. The third-order valence-electron chi connectivity index (χ3n) is 6.53. The molecule has 4 heteroatoms. The summed E-state index contributed by atoms with van der Waals surface area (Å²) < 4.78 is 0. The number of amides is 1. The Kier molecular flexibility index (Phi) is 5.09. The smallest absolute Gasteiger partial charge is 0.232 e. The summed E-state index contributed by atoms with van der Waals surface area (Å²) in [6.07, 6.45) is 8.66. The molecule has 4 nitrogen and oxygen atoms in total. The van der Waals surface area contributed by atoms with Gasteiger partial charge < -0.3 is 10.6 Å². The van der Waals surface area contributed by atoms with Crippen molar-refractivity contribution in [2.45, 2.75) is 51.5 Å². The van der Waals surface area contributed by atoms with Crippen LogP contribution in [0.15, 0.2) is 24.3 Å². The van der Waals surface area contributed by atoms with Crippen molar-refractivity contribution in [3.05, 3.63) is 29.8 Å². The predicted molar refractivity (Wildman–Crippen MR) is 101 cm³/mol. The fourth-order valence-electron chi connectivity index (χ4n) is 5.07. The second kappa shape index (κ2) is 7.46. The van der Waals surface area contributed by atoms with E-state index in [-0.39, 0.29) is 11.3 Å². The van der Waals surface area contributed by atoms with Crippen molar-refractivity contribution in [1.29, 1.82) is 0 Å². The number of nitrogens with one attached hydrogen (secondary N) is 2. The molecule has 4 rings (SSSR count). The zero-order valence-corrected chi connectivity index (χ0v) is 15.2. The van der Waals surface area contributed by atoms with Crippen molar-refractivity contribution in [2.24, 2.45) is 11.3 Å². The third kappa shape index (κ3) is 3.61. The average Bonchev–Trinajstić information content (AvgIpc) is 3.08. The van der Waals surface area contributed by atoms with Gasteiger partial charge >= 0.3 is 0 Å². The van der Waals surface area contributed by atoms with Gasteiger partial charge in [-0.1, -0.05) is 31.4 Å². The van der Waals surface area contributed by atoms with Crippen molar-refractivity contribution in [1.82, 2.24) is 10.2 Å². The molecule has 3 fully saturated rings. The van der Waals surface area contributed by atoms with Gasteiger partial charge in [-0.25, -0.2) is 0 Å². The van der Waals surface area contributed by atoms with Crippen molar-refractivity contribution < 1.29 is 4.79 Å². The van der Waals surface area contributed by atoms with Crippen LogP contribution in [0.1, 0.15) is 50.5 Å². The zero-order chi connectivity index (χ0) is 17.1. The fourth-order valence-corrected chi connectivity index (χ4v) is 5.07. The molecule has 0 unspecified atom stereocenters. The Morgan fingerprint density at radius 3 is 2.96 bits per heavy atom. The Balaban J connectivity index is 1.43. The van der Waals surface area contributed by atoms with Crippen LogP contribution in [-0.2, 0) is 11.3 Å². The van der Waals surface area contributed by atoms with E-state index in [2.05, 4.69) is 33.7 Å². The Labute approximate surface area is 151 Å². The van der Waals surface area contributed by atoms with Gasteiger partial charge in [0.25, 0.3) is 0 Å². The number of hydrogen-bond donors (Lipinski definition) is 2. The summed E-state index contributed by atoms with van der Waals surface area (Å²) >= 11 is 0. The first kappa shape index (κ1) is 17.0. The highest BCUT2D eigenvalue weighted by atomic mass is 16.2. The second-order valence-corrected chi connectivity index (χ2v) is 8.22. The van der Waals surface area contributed by atoms with Crippen LogP contribution in [0, 0.1) is 11.3 Å². The highest BCUT2D eigenvalue weighted by Crippen LogP contribution is 2.44. The molecule has 1 amide bonds. The van der Waals surface area contributed by atoms with Crippen molar-refractivity contribution in [3.63, 3.8) is 0 Å². The Morgan fingerprint density at radius 1 is 1.20 bits per heavy atom. The van der Waals surface area contributed by atoms with E-state index in [1.807, 2.05) is 6.07 Å². The van der Waals surface area contributed by atoms with Gasteiger partial charge in [-0.2, -0.15) is 0 Å². The van der Waals surface area contributed by atoms with Crippen LogP contribution in [0.25, 0.3) is 0 Å². The molecule has 3 aliphatic rings. The average molecular weight is 341 g/mol. The first-order valence-electron chi connectivity index (χ1n) is 10.1. The summed E-state index contributed by atoms with van der Waals surface area (Å²) in [4.78, 5) is 15.6. The summed E-state index contributed by atoms with van der Waals surface area (Å²) in [5.41, 5.74) is 2.09. The molecule has 1 saturated carbocycles. The molecule has 136 valence electrons. The minimum Gasteiger partial charge on any atom is -0.326 e. The van der Waals surface area contributed by atoms with Gasteiger partial charge in [-0.3, -0.25) is 9.69 Å². The van der Waals surface area contributed by atoms with E-state index >= 15 is 0 Å². The number of rotatable bonds is 4. The summed E-state index contributed by atoms with van der Waals surface area (Å²) in [6.45, 7) is 5.25. The number of anilines is 1. The van der Waals surface area contributed by atoms with E-state index in [9.17, 15) is 4.79 Å². The van der Waals surface area contributed by atoms with Crippen LogP contribution < -0.4 is 10.6 Å². The van der Waals surface area contributed by atoms with E-state index in [0.717, 1.165) is 31.7 Å². The monoisotopic (exact) mass is 341 g/mol. The van der Waals surface area contributed by atoms with E-state index < -0.39 is 0 Å². The highest BCUT2D eigenvalue weighted by molar-refractivity contribution is 5.96. The summed E-state index contributed by atoms with van der Waals surface area (Å²) in [5.74, 6) is 0.745. The van der Waals surface area contributed by atoms with Gasteiger partial charge in [-0.05, 0) is 68.9 Å². The lowest BCUT2D eigenvalue weighted by Gasteiger charge is -2.37. The van der Waals surface area contributed by atoms with Crippen LogP contribution in [0.2, 0.25) is 0 Å². The third-order valence-corrected chi connectivity index (χ3v) is 6.53. The van der Waals surface area contributed by atoms with E-state index in [0.29, 0.717) is 5.92 Å². The van der Waals surface area contributed by atoms with Gasteiger partial charge in [-0.15, -0.1) is 0 Å². The van der Waals surface area contributed by atoms with E-state index in [1.54, 1.807) is 0 Å². The molecule has 0 aromatic heterocycles. The Hall–Kier alpha value is -1.39. The largest absolute Gasteiger partial charge is 0.326 e. The van der Waals surface area contributed by atoms with E-state index in [1.165, 1.54) is 57.2 Å². The highest BCUT2D eigenvalue weighted by Gasteiger charge is 2.49. The summed E-state index contributed by atoms with van der Waals surface area (Å²) in [6, 6.07) is 8.47. The maximum Gasteiger partial charge on any atom is 0.232 e. The minimum absolute atomic E-state index is 0.179. The lowest BCUT2D eigenvalue weighted by Crippen LogP contribution is -2.44. The molecule has 2 aliphatic heterocycles. The molecule has 0 spiro atoms. The molecule has 0 bridgehead atoms. The molecule has 1 aromatic carbocycles. The lowest BCUT2D eigenvalue weighted by atomic mass is 9.67. The maximum absolute atomic E-state index is 13.1. The van der Waals surface area contributed by atoms with Crippen LogP contribution in [-0.4, -0.2) is 37.0 Å². The first-order valence-corrected chi connectivity index (χ1v) is 10.1. The van der Waals surface area contributed by atoms with Gasteiger partial charge in [0.2, 0.25) is 5.91 Å². The van der Waals surface area contributed by atoms with Crippen LogP contribution in [0.4, 0.5) is 5.69 Å². The number of hydrogen-bond acceptors (Lipinski definition) is 3. The van der Waals surface area contributed by atoms with E-state index in [4.69, 9.17) is 0 Å². The minimum atomic E-state index is -0.179. The molecule has 2 N–H and O–H groups in total. The lowest BCUT2D eigenvalue weighted by molar-refractivity contribution is -0.128. The maximum atomic E-state index is 13.1. The zero-order valence-electron chi connectivity index (χ0n) is 15.2. The van der Waals surface area contributed by atoms with Crippen LogP contribution in [0.5, 0.6) is 0 Å². The number of fused-ring (bicyclic) bond motifs is 1. The molecule has 1 aliphatic carbocycles. The molecular weight excluding hydrogens is 310 g/mol. The van der Waals surface area contributed by atoms with Gasteiger partial charge in [0.15, 0.2) is 0 Å². The van der Waals surface area contributed by atoms with Crippen molar-refractivity contribution >= 4 is 11.6 Å². The second-order valence-electron chi connectivity index (χ2n) is 8.22. The predicted octanol–water partition coefficient (Wildman–Crippen LogP) is 3.39. The topological polar surface area (TPSA) is 44.4 Å². The Morgan fingerprint density at radius 2 is 2.08 bits per heavy atom. The number of carbonyl (C=O) groups excluding carboxylic acids is 1. The number of piperidine rings is 1. The first-order chi connectivity index (χ1) is 12.3. The van der Waals surface area contributed by atoms with Crippen LogP contribution >= 0.6 is 0 Å². The standard InChI is InChI=1S/C21H31N3O/c25-20(21-10-3-2-8-18(21)14-22-16-21)23-19-9-6-7-17(13-19)15-24-11-4-1-5-12-24/h6-7,9,13,18,22H,1-5,8,10-12,14-16H2,(H,23,25)/t18-,21+/m0/s1. The van der Waals surface area contributed by atoms with Gasteiger partial charge in [0.1, 0.15) is 0 Å². The summed E-state index contributed by atoms with van der Waals surface area (Å²) in [5, 5.41) is 6.72. The molecule has 2 saturated heterocycles. The summed E-state index contributed by atoms with van der Waals surface area (Å²) in [7, 11) is 0. The molecule has 2 atom stereocenters. The fraction of sp³-hybridized carbons (Fsp3) is 0.667. The van der Waals surface area contributed by atoms with Gasteiger partial charge in [0.05, 0.1) is 5.41 Å². The number of likely N-dealkylation sites (tertiary alicyclic amines) is 1. The van der Waals surface area contributed by atoms with Crippen molar-refractivity contribution in [3.8, 4) is 0 Å². The molecule has 25 heavy (non-hydrogen) atoms. The quantitative estimate of drug-likeness (QED) is 0.882. The molecule has 1 aromatic rings.